The molecular weight excluding hydrogens is 365 g/mol. The molecule has 0 aromatic carbocycles. The van der Waals surface area contributed by atoms with Gasteiger partial charge in [0.2, 0.25) is 10.0 Å². The number of rotatable bonds is 3. The average molecular weight is 388 g/mol. The molecule has 0 aromatic heterocycles. The molecule has 11 heteroatoms. The van der Waals surface area contributed by atoms with Gasteiger partial charge >= 0.3 is 12.1 Å². The third kappa shape index (κ3) is 4.83. The quantitative estimate of drug-likeness (QED) is 0.773. The number of sulfonamides is 1. The lowest BCUT2D eigenvalue weighted by Crippen LogP contribution is -2.53. The van der Waals surface area contributed by atoms with Crippen molar-refractivity contribution < 1.29 is 36.2 Å². The van der Waals surface area contributed by atoms with Gasteiger partial charge in [0.15, 0.2) is 0 Å². The number of fused-ring (bicyclic) bond motifs is 1. The highest BCUT2D eigenvalue weighted by atomic mass is 32.2. The van der Waals surface area contributed by atoms with E-state index in [-0.39, 0.29) is 17.4 Å². The molecule has 3 aliphatic rings. The van der Waals surface area contributed by atoms with Crippen molar-refractivity contribution in [3.05, 3.63) is 0 Å². The van der Waals surface area contributed by atoms with Gasteiger partial charge in [-0.05, 0) is 26.7 Å². The second-order valence-corrected chi connectivity index (χ2v) is 8.89. The average Bonchev–Trinajstić information content (AvgIpc) is 3.25. The Balaban J connectivity index is 0.000000277. The summed E-state index contributed by atoms with van der Waals surface area (Å²) in [6.07, 6.45) is -3.35. The molecule has 146 valence electrons. The van der Waals surface area contributed by atoms with Crippen LogP contribution in [0.3, 0.4) is 0 Å². The molecule has 3 fully saturated rings. The molecule has 2 saturated heterocycles. The number of carboxylic acids is 1. The molecule has 3 rings (SSSR count). The molecule has 0 radical (unpaired) electrons. The monoisotopic (exact) mass is 388 g/mol. The van der Waals surface area contributed by atoms with Crippen molar-refractivity contribution in [2.75, 3.05) is 26.2 Å². The number of ether oxygens (including phenoxy) is 1. The van der Waals surface area contributed by atoms with Crippen LogP contribution in [-0.2, 0) is 19.6 Å². The molecule has 1 N–H and O–H groups in total. The molecule has 0 amide bonds. The molecule has 25 heavy (non-hydrogen) atoms. The molecule has 1 aliphatic carbocycles. The predicted molar refractivity (Wildman–Crippen MR) is 82.6 cm³/mol. The van der Waals surface area contributed by atoms with Gasteiger partial charge in [-0.1, -0.05) is 0 Å². The fraction of sp³-hybridized carbons (Fsp3) is 0.929. The van der Waals surface area contributed by atoms with E-state index in [4.69, 9.17) is 14.6 Å². The number of alkyl halides is 3. The van der Waals surface area contributed by atoms with E-state index in [0.717, 1.165) is 26.0 Å². The summed E-state index contributed by atoms with van der Waals surface area (Å²) < 4.78 is 63.7. The summed E-state index contributed by atoms with van der Waals surface area (Å²) in [5, 5.41) is 7.02. The van der Waals surface area contributed by atoms with Crippen LogP contribution < -0.4 is 0 Å². The number of aliphatic carboxylic acids is 1. The first-order valence-electron chi connectivity index (χ1n) is 8.11. The topological polar surface area (TPSA) is 87.2 Å². The first-order valence-corrected chi connectivity index (χ1v) is 9.61. The zero-order valence-electron chi connectivity index (χ0n) is 14.1. The molecule has 0 unspecified atom stereocenters. The second-order valence-electron chi connectivity index (χ2n) is 6.67. The fourth-order valence-electron chi connectivity index (χ4n) is 3.11. The lowest BCUT2D eigenvalue weighted by Gasteiger charge is -2.39. The Kier molecular flexibility index (Phi) is 6.02. The number of nitrogens with zero attached hydrogens (tertiary/aromatic N) is 2. The molecule has 2 aliphatic heterocycles. The van der Waals surface area contributed by atoms with Crippen molar-refractivity contribution in [1.29, 1.82) is 0 Å². The maximum atomic E-state index is 12.3. The minimum absolute atomic E-state index is 0.0645. The van der Waals surface area contributed by atoms with Crippen LogP contribution in [0.5, 0.6) is 0 Å². The predicted octanol–water partition coefficient (Wildman–Crippen LogP) is 0.905. The Bertz CT molecular complexity index is 592. The lowest BCUT2D eigenvalue weighted by molar-refractivity contribution is -0.192. The highest BCUT2D eigenvalue weighted by Gasteiger charge is 2.48. The number of carbonyl (C=O) groups is 1. The number of halogens is 3. The Labute approximate surface area is 144 Å². The van der Waals surface area contributed by atoms with Crippen molar-refractivity contribution in [1.82, 2.24) is 9.21 Å². The number of hydrogen-bond donors (Lipinski definition) is 1. The van der Waals surface area contributed by atoms with Gasteiger partial charge in [-0.2, -0.15) is 17.5 Å². The van der Waals surface area contributed by atoms with E-state index in [2.05, 4.69) is 18.7 Å². The fourth-order valence-corrected chi connectivity index (χ4v) is 4.97. The SMILES string of the molecule is CC(C)N1CCO[C@H]2CN(S(=O)(=O)C3CC3)C[C@H]21.O=C(O)C(F)(F)F. The third-order valence-corrected chi connectivity index (χ3v) is 6.85. The van der Waals surface area contributed by atoms with Crippen molar-refractivity contribution in [2.24, 2.45) is 0 Å². The van der Waals surface area contributed by atoms with E-state index in [1.807, 2.05) is 0 Å². The van der Waals surface area contributed by atoms with Crippen LogP contribution in [-0.4, -0.2) is 84.6 Å². The second kappa shape index (κ2) is 7.37. The first-order chi connectivity index (χ1) is 11.4. The van der Waals surface area contributed by atoms with Crippen LogP contribution >= 0.6 is 0 Å². The standard InChI is InChI=1S/C12H22N2O3S.C2HF3O2/c1-9(2)14-5-6-17-12-8-13(7-11(12)14)18(15,16)10-3-4-10;3-2(4,5)1(6)7/h9-12H,3-8H2,1-2H3;(H,6,7)/t11-,12+;/m1./s1. The van der Waals surface area contributed by atoms with Gasteiger partial charge in [-0.25, -0.2) is 13.2 Å². The summed E-state index contributed by atoms with van der Waals surface area (Å²) in [4.78, 5) is 11.3. The van der Waals surface area contributed by atoms with E-state index in [0.29, 0.717) is 19.1 Å². The van der Waals surface area contributed by atoms with Crippen LogP contribution in [0.25, 0.3) is 0 Å². The highest BCUT2D eigenvalue weighted by Crippen LogP contribution is 2.35. The minimum Gasteiger partial charge on any atom is -0.475 e. The first kappa shape index (κ1) is 20.4. The zero-order valence-corrected chi connectivity index (χ0v) is 14.9. The highest BCUT2D eigenvalue weighted by molar-refractivity contribution is 7.90. The van der Waals surface area contributed by atoms with Gasteiger partial charge in [0.05, 0.1) is 24.0 Å². The molecule has 0 aromatic rings. The van der Waals surface area contributed by atoms with Crippen molar-refractivity contribution in [2.45, 2.75) is 56.3 Å². The normalized spacial score (nSPS) is 28.4. The molecule has 1 saturated carbocycles. The summed E-state index contributed by atoms with van der Waals surface area (Å²) in [6.45, 7) is 7.13. The van der Waals surface area contributed by atoms with E-state index < -0.39 is 22.2 Å². The third-order valence-electron chi connectivity index (χ3n) is 4.52. The molecule has 2 heterocycles. The van der Waals surface area contributed by atoms with E-state index in [1.54, 1.807) is 4.31 Å². The van der Waals surface area contributed by atoms with E-state index in [1.165, 1.54) is 0 Å². The number of hydrogen-bond acceptors (Lipinski definition) is 5. The Morgan fingerprint density at radius 3 is 2.24 bits per heavy atom. The van der Waals surface area contributed by atoms with Crippen LogP contribution in [0.15, 0.2) is 0 Å². The van der Waals surface area contributed by atoms with E-state index >= 15 is 0 Å². The molecular formula is C14H23F3N2O5S. The van der Waals surface area contributed by atoms with Crippen molar-refractivity contribution >= 4 is 16.0 Å². The molecule has 0 spiro atoms. The summed E-state index contributed by atoms with van der Waals surface area (Å²) in [5.41, 5.74) is 0. The molecule has 7 nitrogen and oxygen atoms in total. The summed E-state index contributed by atoms with van der Waals surface area (Å²) in [7, 11) is -3.05. The van der Waals surface area contributed by atoms with Crippen LogP contribution in [0, 0.1) is 0 Å². The van der Waals surface area contributed by atoms with Crippen molar-refractivity contribution in [3.8, 4) is 0 Å². The Morgan fingerprint density at radius 2 is 1.80 bits per heavy atom. The maximum absolute atomic E-state index is 12.3. The lowest BCUT2D eigenvalue weighted by atomic mass is 10.1. The van der Waals surface area contributed by atoms with E-state index in [9.17, 15) is 21.6 Å². The summed E-state index contributed by atoms with van der Waals surface area (Å²) in [5.74, 6) is -2.76. The Hall–Kier alpha value is -0.910. The van der Waals surface area contributed by atoms with Gasteiger partial charge in [0.25, 0.3) is 0 Å². The molecule has 2 atom stereocenters. The smallest absolute Gasteiger partial charge is 0.475 e. The summed E-state index contributed by atoms with van der Waals surface area (Å²) in [6, 6.07) is 0.692. The van der Waals surface area contributed by atoms with Gasteiger partial charge < -0.3 is 9.84 Å². The van der Waals surface area contributed by atoms with Gasteiger partial charge in [0.1, 0.15) is 0 Å². The van der Waals surface area contributed by atoms with Crippen LogP contribution in [0.4, 0.5) is 13.2 Å². The largest absolute Gasteiger partial charge is 0.490 e. The minimum atomic E-state index is -5.08. The van der Waals surface area contributed by atoms with Crippen LogP contribution in [0.2, 0.25) is 0 Å². The van der Waals surface area contributed by atoms with Gasteiger partial charge in [0, 0.05) is 25.7 Å². The van der Waals surface area contributed by atoms with Gasteiger partial charge in [-0.15, -0.1) is 0 Å². The molecule has 0 bridgehead atoms. The number of morpholine rings is 1. The van der Waals surface area contributed by atoms with Gasteiger partial charge in [-0.3, -0.25) is 4.90 Å². The zero-order chi connectivity index (χ0) is 19.0. The summed E-state index contributed by atoms with van der Waals surface area (Å²) >= 11 is 0. The maximum Gasteiger partial charge on any atom is 0.490 e. The Morgan fingerprint density at radius 1 is 1.24 bits per heavy atom. The number of carboxylic acid groups (broad SMARTS) is 1. The van der Waals surface area contributed by atoms with Crippen molar-refractivity contribution in [3.63, 3.8) is 0 Å². The van der Waals surface area contributed by atoms with Crippen LogP contribution in [0.1, 0.15) is 26.7 Å².